The third-order valence-electron chi connectivity index (χ3n) is 6.21. The third-order valence-corrected chi connectivity index (χ3v) is 6.21. The van der Waals surface area contributed by atoms with Gasteiger partial charge in [-0.3, -0.25) is 9.69 Å². The molecular formula is C27H34F2N2O4. The number of aliphatic carboxylic acids is 1. The molecule has 3 rings (SSSR count). The van der Waals surface area contributed by atoms with Gasteiger partial charge in [-0.2, -0.15) is 0 Å². The molecule has 0 aromatic heterocycles. The number of carbonyl (C=O) groups is 2. The second-order valence-corrected chi connectivity index (χ2v) is 9.54. The van der Waals surface area contributed by atoms with E-state index < -0.39 is 29.6 Å². The normalized spacial score (nSPS) is 15.1. The number of carboxylic acid groups (broad SMARTS) is 1. The summed E-state index contributed by atoms with van der Waals surface area (Å²) >= 11 is 0. The van der Waals surface area contributed by atoms with Gasteiger partial charge in [0, 0.05) is 31.3 Å². The topological polar surface area (TPSA) is 70.1 Å². The number of hydrogen-bond donors (Lipinski definition) is 1. The van der Waals surface area contributed by atoms with E-state index in [2.05, 4.69) is 18.7 Å². The summed E-state index contributed by atoms with van der Waals surface area (Å²) in [6.45, 7) is 7.72. The highest BCUT2D eigenvalue weighted by Gasteiger charge is 2.28. The van der Waals surface area contributed by atoms with E-state index in [1.54, 1.807) is 12.1 Å². The van der Waals surface area contributed by atoms with Gasteiger partial charge in [-0.25, -0.2) is 13.6 Å². The molecule has 1 N–H and O–H groups in total. The molecule has 1 amide bonds. The van der Waals surface area contributed by atoms with E-state index in [-0.39, 0.29) is 17.1 Å². The molecule has 2 aromatic carbocycles. The van der Waals surface area contributed by atoms with E-state index >= 15 is 0 Å². The summed E-state index contributed by atoms with van der Waals surface area (Å²) in [5.41, 5.74) is 0.903. The molecule has 1 saturated carbocycles. The molecule has 8 heteroatoms. The quantitative estimate of drug-likeness (QED) is 0.449. The van der Waals surface area contributed by atoms with E-state index in [9.17, 15) is 23.5 Å². The van der Waals surface area contributed by atoms with Crippen LogP contribution >= 0.6 is 0 Å². The van der Waals surface area contributed by atoms with Crippen LogP contribution in [0, 0.1) is 17.6 Å². The Balaban J connectivity index is 2.16. The Labute approximate surface area is 205 Å². The van der Waals surface area contributed by atoms with Crippen LogP contribution in [0.25, 0.3) is 0 Å². The Bertz CT molecular complexity index is 1050. The predicted molar refractivity (Wildman–Crippen MR) is 132 cm³/mol. The van der Waals surface area contributed by atoms with Crippen molar-refractivity contribution in [2.24, 2.45) is 5.92 Å². The molecule has 35 heavy (non-hydrogen) atoms. The zero-order valence-corrected chi connectivity index (χ0v) is 20.8. The molecular weight excluding hydrogens is 454 g/mol. The summed E-state index contributed by atoms with van der Waals surface area (Å²) in [5.74, 6) is -2.87. The van der Waals surface area contributed by atoms with E-state index in [4.69, 9.17) is 4.74 Å². The molecule has 190 valence electrons. The van der Waals surface area contributed by atoms with Crippen LogP contribution in [-0.2, 0) is 9.59 Å². The highest BCUT2D eigenvalue weighted by Crippen LogP contribution is 2.40. The summed E-state index contributed by atoms with van der Waals surface area (Å²) in [5, 5.41) is 9.37. The van der Waals surface area contributed by atoms with Crippen molar-refractivity contribution in [3.8, 4) is 5.75 Å². The molecule has 0 aliphatic heterocycles. The molecule has 0 bridgehead atoms. The second-order valence-electron chi connectivity index (χ2n) is 9.54. The molecule has 0 saturated heterocycles. The standard InChI is InChI=1S/C27H34F2N2O4/c1-17(2)16-30(21-8-6-5-7-9-21)22-11-13-26(35-18(3)27(33)34)25(15-22)31(19(4)32)24-12-10-20(28)14-23(24)29/h10-15,17-18,21H,5-9,16H2,1-4H3,(H,33,34). The number of anilines is 3. The highest BCUT2D eigenvalue weighted by molar-refractivity contribution is 6.01. The second kappa shape index (κ2) is 11.5. The SMILES string of the molecule is CC(=O)N(c1ccc(F)cc1F)c1cc(N(CC(C)C)C2CCCCC2)ccc1OC(C)C(=O)O. The Kier molecular flexibility index (Phi) is 8.70. The Morgan fingerprint density at radius 3 is 2.29 bits per heavy atom. The largest absolute Gasteiger partial charge is 0.479 e. The van der Waals surface area contributed by atoms with Crippen molar-refractivity contribution in [3.63, 3.8) is 0 Å². The van der Waals surface area contributed by atoms with Crippen LogP contribution < -0.4 is 14.5 Å². The maximum Gasteiger partial charge on any atom is 0.344 e. The first kappa shape index (κ1) is 26.4. The molecule has 0 radical (unpaired) electrons. The molecule has 1 fully saturated rings. The molecule has 1 aliphatic rings. The fourth-order valence-electron chi connectivity index (χ4n) is 4.58. The van der Waals surface area contributed by atoms with Gasteiger partial charge in [0.05, 0.1) is 11.4 Å². The van der Waals surface area contributed by atoms with Gasteiger partial charge >= 0.3 is 5.97 Å². The molecule has 2 aromatic rings. The average Bonchev–Trinajstić information content (AvgIpc) is 2.80. The van der Waals surface area contributed by atoms with E-state index in [1.807, 2.05) is 6.07 Å². The van der Waals surface area contributed by atoms with Crippen molar-refractivity contribution in [1.82, 2.24) is 0 Å². The van der Waals surface area contributed by atoms with Crippen molar-refractivity contribution >= 4 is 28.9 Å². The Morgan fingerprint density at radius 2 is 1.71 bits per heavy atom. The number of ether oxygens (including phenoxy) is 1. The third kappa shape index (κ3) is 6.50. The smallest absolute Gasteiger partial charge is 0.344 e. The lowest BCUT2D eigenvalue weighted by Crippen LogP contribution is -2.39. The van der Waals surface area contributed by atoms with Crippen LogP contribution in [0.15, 0.2) is 36.4 Å². The first-order valence-corrected chi connectivity index (χ1v) is 12.1. The lowest BCUT2D eigenvalue weighted by molar-refractivity contribution is -0.144. The number of carbonyl (C=O) groups excluding carboxylic acids is 1. The van der Waals surface area contributed by atoms with Gasteiger partial charge in [-0.15, -0.1) is 0 Å². The summed E-state index contributed by atoms with van der Waals surface area (Å²) in [6, 6.07) is 8.52. The first-order valence-electron chi connectivity index (χ1n) is 12.1. The van der Waals surface area contributed by atoms with E-state index in [0.29, 0.717) is 18.0 Å². The Morgan fingerprint density at radius 1 is 1.03 bits per heavy atom. The average molecular weight is 489 g/mol. The van der Waals surface area contributed by atoms with Gasteiger partial charge in [0.25, 0.3) is 0 Å². The van der Waals surface area contributed by atoms with Crippen molar-refractivity contribution in [1.29, 1.82) is 0 Å². The summed E-state index contributed by atoms with van der Waals surface area (Å²) in [4.78, 5) is 27.7. The summed E-state index contributed by atoms with van der Waals surface area (Å²) in [6.07, 6.45) is 4.40. The Hall–Kier alpha value is -3.16. The zero-order chi connectivity index (χ0) is 25.7. The maximum absolute atomic E-state index is 14.8. The van der Waals surface area contributed by atoms with Crippen LogP contribution in [0.1, 0.15) is 59.8 Å². The van der Waals surface area contributed by atoms with Crippen LogP contribution in [-0.4, -0.2) is 35.7 Å². The van der Waals surface area contributed by atoms with E-state index in [1.165, 1.54) is 26.3 Å². The molecule has 1 unspecified atom stereocenters. The number of halogens is 2. The minimum Gasteiger partial charge on any atom is -0.479 e. The number of rotatable bonds is 9. The van der Waals surface area contributed by atoms with Crippen LogP contribution in [0.4, 0.5) is 25.8 Å². The van der Waals surface area contributed by atoms with Crippen LogP contribution in [0.3, 0.4) is 0 Å². The minimum atomic E-state index is -1.20. The molecule has 0 heterocycles. The van der Waals surface area contributed by atoms with Gasteiger partial charge in [0.15, 0.2) is 6.10 Å². The molecule has 1 aliphatic carbocycles. The summed E-state index contributed by atoms with van der Waals surface area (Å²) < 4.78 is 34.1. The van der Waals surface area contributed by atoms with Crippen molar-refractivity contribution in [2.75, 3.05) is 16.3 Å². The van der Waals surface area contributed by atoms with Crippen LogP contribution in [0.5, 0.6) is 5.75 Å². The lowest BCUT2D eigenvalue weighted by Gasteiger charge is -2.38. The number of hydrogen-bond acceptors (Lipinski definition) is 4. The summed E-state index contributed by atoms with van der Waals surface area (Å²) in [7, 11) is 0. The van der Waals surface area contributed by atoms with Gasteiger partial charge in [-0.1, -0.05) is 33.1 Å². The predicted octanol–water partition coefficient (Wildman–Crippen LogP) is 6.30. The number of benzene rings is 2. The lowest BCUT2D eigenvalue weighted by atomic mass is 9.93. The van der Waals surface area contributed by atoms with Crippen molar-refractivity contribution in [3.05, 3.63) is 48.0 Å². The number of amides is 1. The first-order chi connectivity index (χ1) is 16.6. The van der Waals surface area contributed by atoms with Crippen molar-refractivity contribution < 1.29 is 28.2 Å². The van der Waals surface area contributed by atoms with Gasteiger partial charge in [0.2, 0.25) is 5.91 Å². The molecule has 0 spiro atoms. The highest BCUT2D eigenvalue weighted by atomic mass is 19.1. The molecule has 6 nitrogen and oxygen atoms in total. The van der Waals surface area contributed by atoms with Crippen molar-refractivity contribution in [2.45, 2.75) is 71.9 Å². The minimum absolute atomic E-state index is 0.121. The fraction of sp³-hybridized carbons (Fsp3) is 0.481. The number of carboxylic acids is 1. The van der Waals surface area contributed by atoms with Gasteiger partial charge < -0.3 is 14.7 Å². The monoisotopic (exact) mass is 488 g/mol. The van der Waals surface area contributed by atoms with E-state index in [0.717, 1.165) is 48.9 Å². The van der Waals surface area contributed by atoms with Gasteiger partial charge in [-0.05, 0) is 56.0 Å². The molecule has 1 atom stereocenters. The maximum atomic E-state index is 14.8. The van der Waals surface area contributed by atoms with Gasteiger partial charge in [0.1, 0.15) is 17.4 Å². The number of nitrogens with zero attached hydrogens (tertiary/aromatic N) is 2. The fourth-order valence-corrected chi connectivity index (χ4v) is 4.58. The van der Waals surface area contributed by atoms with Crippen LogP contribution in [0.2, 0.25) is 0 Å². The zero-order valence-electron chi connectivity index (χ0n) is 20.8.